The van der Waals surface area contributed by atoms with Gasteiger partial charge in [0.1, 0.15) is 0 Å². The van der Waals surface area contributed by atoms with E-state index in [4.69, 9.17) is 5.73 Å². The molecule has 0 saturated heterocycles. The van der Waals surface area contributed by atoms with Crippen molar-refractivity contribution in [3.8, 4) is 0 Å². The number of nitrogens with two attached hydrogens (primary N) is 1. The summed E-state index contributed by atoms with van der Waals surface area (Å²) in [6.45, 7) is 0.686. The minimum atomic E-state index is -3.05. The number of nitrogens with one attached hydrogen (secondary N) is 1. The monoisotopic (exact) mass is 254 g/mol. The van der Waals surface area contributed by atoms with Gasteiger partial charge >= 0.3 is 0 Å². The van der Waals surface area contributed by atoms with Gasteiger partial charge in [-0.15, -0.1) is 0 Å². The lowest BCUT2D eigenvalue weighted by molar-refractivity contribution is 0.585. The van der Waals surface area contributed by atoms with E-state index in [0.29, 0.717) is 17.9 Å². The standard InChI is InChI=1S/C12H18N2O2S/c1-14-8-11(13)9-4-5-12-10(7-9)3-2-6-17(12,15)16/h4-5,7,11,14H,2-3,6,8,13H2,1H3. The van der Waals surface area contributed by atoms with Crippen LogP contribution in [0.15, 0.2) is 23.1 Å². The highest BCUT2D eigenvalue weighted by atomic mass is 32.2. The molecular weight excluding hydrogens is 236 g/mol. The molecule has 94 valence electrons. The Morgan fingerprint density at radius 1 is 1.47 bits per heavy atom. The fraction of sp³-hybridized carbons (Fsp3) is 0.500. The number of sulfone groups is 1. The van der Waals surface area contributed by atoms with Crippen LogP contribution < -0.4 is 11.1 Å². The van der Waals surface area contributed by atoms with Crippen molar-refractivity contribution in [1.29, 1.82) is 0 Å². The highest BCUT2D eigenvalue weighted by Gasteiger charge is 2.23. The highest BCUT2D eigenvalue weighted by molar-refractivity contribution is 7.91. The van der Waals surface area contributed by atoms with E-state index in [2.05, 4.69) is 5.32 Å². The molecular formula is C12H18N2O2S. The molecule has 0 aliphatic carbocycles. The lowest BCUT2D eigenvalue weighted by Crippen LogP contribution is -2.24. The van der Waals surface area contributed by atoms with Gasteiger partial charge in [-0.2, -0.15) is 0 Å². The van der Waals surface area contributed by atoms with Crippen LogP contribution in [0.2, 0.25) is 0 Å². The first-order valence-electron chi connectivity index (χ1n) is 5.80. The Bertz CT molecular complexity index is 511. The fourth-order valence-electron chi connectivity index (χ4n) is 2.23. The molecule has 17 heavy (non-hydrogen) atoms. The third-order valence-electron chi connectivity index (χ3n) is 3.13. The molecule has 4 nitrogen and oxygen atoms in total. The van der Waals surface area contributed by atoms with E-state index in [9.17, 15) is 8.42 Å². The van der Waals surface area contributed by atoms with Gasteiger partial charge in [-0.25, -0.2) is 8.42 Å². The Labute approximate surface area is 102 Å². The van der Waals surface area contributed by atoms with Crippen LogP contribution in [0, 0.1) is 0 Å². The van der Waals surface area contributed by atoms with Crippen LogP contribution >= 0.6 is 0 Å². The first-order valence-corrected chi connectivity index (χ1v) is 7.45. The smallest absolute Gasteiger partial charge is 0.178 e. The summed E-state index contributed by atoms with van der Waals surface area (Å²) in [6, 6.07) is 5.38. The molecule has 5 heteroatoms. The van der Waals surface area contributed by atoms with Crippen LogP contribution in [0.4, 0.5) is 0 Å². The molecule has 1 atom stereocenters. The van der Waals surface area contributed by atoms with Crippen molar-refractivity contribution in [3.05, 3.63) is 29.3 Å². The average Bonchev–Trinajstić information content (AvgIpc) is 2.28. The predicted octanol–water partition coefficient (Wildman–Crippen LogP) is 0.626. The number of fused-ring (bicyclic) bond motifs is 1. The van der Waals surface area contributed by atoms with Gasteiger partial charge in [-0.05, 0) is 37.1 Å². The van der Waals surface area contributed by atoms with Crippen molar-refractivity contribution in [2.75, 3.05) is 19.3 Å². The molecule has 1 aliphatic heterocycles. The number of aryl methyl sites for hydroxylation is 1. The van der Waals surface area contributed by atoms with E-state index in [1.807, 2.05) is 19.2 Å². The summed E-state index contributed by atoms with van der Waals surface area (Å²) in [5, 5.41) is 3.02. The van der Waals surface area contributed by atoms with Gasteiger partial charge in [0, 0.05) is 12.6 Å². The van der Waals surface area contributed by atoms with E-state index in [-0.39, 0.29) is 11.8 Å². The first kappa shape index (κ1) is 12.5. The zero-order valence-electron chi connectivity index (χ0n) is 9.94. The van der Waals surface area contributed by atoms with Gasteiger partial charge in [0.15, 0.2) is 9.84 Å². The lowest BCUT2D eigenvalue weighted by Gasteiger charge is -2.19. The Hall–Kier alpha value is -0.910. The van der Waals surface area contributed by atoms with Crippen LogP contribution in [-0.2, 0) is 16.3 Å². The second-order valence-corrected chi connectivity index (χ2v) is 6.53. The maximum absolute atomic E-state index is 11.8. The van der Waals surface area contributed by atoms with E-state index in [0.717, 1.165) is 17.5 Å². The molecule has 1 aliphatic rings. The van der Waals surface area contributed by atoms with E-state index < -0.39 is 9.84 Å². The number of likely N-dealkylation sites (N-methyl/N-ethyl adjacent to an activating group) is 1. The maximum Gasteiger partial charge on any atom is 0.178 e. The van der Waals surface area contributed by atoms with Gasteiger partial charge in [-0.3, -0.25) is 0 Å². The zero-order chi connectivity index (χ0) is 12.5. The molecule has 0 fully saturated rings. The molecule has 1 heterocycles. The van der Waals surface area contributed by atoms with Gasteiger partial charge in [0.2, 0.25) is 0 Å². The van der Waals surface area contributed by atoms with E-state index >= 15 is 0 Å². The summed E-state index contributed by atoms with van der Waals surface area (Å²) in [5.74, 6) is 0.266. The van der Waals surface area contributed by atoms with Gasteiger partial charge < -0.3 is 11.1 Å². The molecule has 0 radical (unpaired) electrons. The van der Waals surface area contributed by atoms with Crippen molar-refractivity contribution in [2.24, 2.45) is 5.73 Å². The minimum absolute atomic E-state index is 0.0880. The van der Waals surface area contributed by atoms with Crippen LogP contribution in [-0.4, -0.2) is 27.8 Å². The second-order valence-electron chi connectivity index (χ2n) is 4.45. The minimum Gasteiger partial charge on any atom is -0.323 e. The number of hydrogen-bond acceptors (Lipinski definition) is 4. The van der Waals surface area contributed by atoms with Crippen molar-refractivity contribution in [2.45, 2.75) is 23.8 Å². The second kappa shape index (κ2) is 4.76. The van der Waals surface area contributed by atoms with Crippen LogP contribution in [0.5, 0.6) is 0 Å². The third kappa shape index (κ3) is 2.51. The molecule has 1 aromatic carbocycles. The van der Waals surface area contributed by atoms with Gasteiger partial charge in [0.05, 0.1) is 10.6 Å². The quantitative estimate of drug-likeness (QED) is 0.829. The third-order valence-corrected chi connectivity index (χ3v) is 5.03. The maximum atomic E-state index is 11.8. The number of benzene rings is 1. The van der Waals surface area contributed by atoms with Gasteiger partial charge in [-0.1, -0.05) is 12.1 Å². The van der Waals surface area contributed by atoms with Gasteiger partial charge in [0.25, 0.3) is 0 Å². The molecule has 0 amide bonds. The normalized spacial score (nSPS) is 19.6. The average molecular weight is 254 g/mol. The van der Waals surface area contributed by atoms with Crippen LogP contribution in [0.1, 0.15) is 23.6 Å². The molecule has 0 saturated carbocycles. The summed E-state index contributed by atoms with van der Waals surface area (Å²) < 4.78 is 23.7. The predicted molar refractivity (Wildman–Crippen MR) is 67.7 cm³/mol. The first-order chi connectivity index (χ1) is 8.04. The Balaban J connectivity index is 2.38. The summed E-state index contributed by atoms with van der Waals surface area (Å²) in [7, 11) is -1.20. The number of hydrogen-bond donors (Lipinski definition) is 2. The molecule has 0 bridgehead atoms. The zero-order valence-corrected chi connectivity index (χ0v) is 10.8. The van der Waals surface area contributed by atoms with E-state index in [1.54, 1.807) is 6.07 Å². The fourth-order valence-corrected chi connectivity index (χ4v) is 3.81. The van der Waals surface area contributed by atoms with Crippen molar-refractivity contribution < 1.29 is 8.42 Å². The van der Waals surface area contributed by atoms with Crippen molar-refractivity contribution in [3.63, 3.8) is 0 Å². The summed E-state index contributed by atoms with van der Waals surface area (Å²) in [6.07, 6.45) is 1.54. The highest BCUT2D eigenvalue weighted by Crippen LogP contribution is 2.27. The van der Waals surface area contributed by atoms with E-state index in [1.165, 1.54) is 0 Å². The Morgan fingerprint density at radius 2 is 2.24 bits per heavy atom. The SMILES string of the molecule is CNCC(N)c1ccc2c(c1)CCCS2(=O)=O. The molecule has 1 unspecified atom stereocenters. The van der Waals surface area contributed by atoms with Crippen molar-refractivity contribution >= 4 is 9.84 Å². The summed E-state index contributed by atoms with van der Waals surface area (Å²) in [4.78, 5) is 0.490. The molecule has 0 spiro atoms. The largest absolute Gasteiger partial charge is 0.323 e. The summed E-state index contributed by atoms with van der Waals surface area (Å²) >= 11 is 0. The Kier molecular flexibility index (Phi) is 3.51. The van der Waals surface area contributed by atoms with Crippen LogP contribution in [0.25, 0.3) is 0 Å². The topological polar surface area (TPSA) is 72.2 Å². The Morgan fingerprint density at radius 3 is 2.94 bits per heavy atom. The lowest BCUT2D eigenvalue weighted by atomic mass is 10.0. The molecule has 0 aromatic heterocycles. The number of rotatable bonds is 3. The molecule has 1 aromatic rings. The van der Waals surface area contributed by atoms with Crippen molar-refractivity contribution in [1.82, 2.24) is 5.32 Å². The van der Waals surface area contributed by atoms with Crippen LogP contribution in [0.3, 0.4) is 0 Å². The summed E-state index contributed by atoms with van der Waals surface area (Å²) in [5.41, 5.74) is 7.91. The molecule has 2 rings (SSSR count). The molecule has 3 N–H and O–H groups in total.